The fraction of sp³-hybridized carbons (Fsp3) is 0.366. The number of aliphatic hydroxyl groups is 1. The van der Waals surface area contributed by atoms with Crippen LogP contribution in [0.2, 0.25) is 0 Å². The van der Waals surface area contributed by atoms with Crippen LogP contribution in [0, 0.1) is 25.7 Å². The van der Waals surface area contributed by atoms with Crippen LogP contribution in [0.4, 0.5) is 5.69 Å². The number of ether oxygens (including phenoxy) is 2. The van der Waals surface area contributed by atoms with Crippen molar-refractivity contribution in [1.82, 2.24) is 10.2 Å². The van der Waals surface area contributed by atoms with Crippen molar-refractivity contribution in [2.45, 2.75) is 62.9 Å². The van der Waals surface area contributed by atoms with Gasteiger partial charge in [-0.05, 0) is 55.0 Å². The molecule has 0 bridgehead atoms. The number of esters is 1. The zero-order valence-corrected chi connectivity index (χ0v) is 28.8. The number of fused-ring (bicyclic) bond motifs is 2. The molecule has 7 atom stereocenters. The van der Waals surface area contributed by atoms with Crippen molar-refractivity contribution in [3.63, 3.8) is 0 Å². The van der Waals surface area contributed by atoms with Gasteiger partial charge in [0.15, 0.2) is 0 Å². The fourth-order valence-corrected chi connectivity index (χ4v) is 8.13. The third-order valence-electron chi connectivity index (χ3n) is 10.6. The lowest BCUT2D eigenvalue weighted by Crippen LogP contribution is -2.58. The number of hydrogen-bond donors (Lipinski definition) is 2. The third-order valence-corrected chi connectivity index (χ3v) is 10.6. The summed E-state index contributed by atoms with van der Waals surface area (Å²) in [6.07, 6.45) is 7.06. The molecule has 51 heavy (non-hydrogen) atoms. The lowest BCUT2D eigenvalue weighted by Gasteiger charge is -2.39. The van der Waals surface area contributed by atoms with E-state index in [0.29, 0.717) is 12.8 Å². The second-order valence-corrected chi connectivity index (χ2v) is 13.9. The topological polar surface area (TPSA) is 125 Å². The number of carbonyl (C=O) groups is 4. The number of aryl methyl sites for hydroxylation is 2. The maximum absolute atomic E-state index is 15.1. The molecule has 4 aliphatic rings. The predicted octanol–water partition coefficient (Wildman–Crippen LogP) is 4.14. The van der Waals surface area contributed by atoms with Crippen molar-refractivity contribution in [1.29, 1.82) is 0 Å². The molecule has 264 valence electrons. The molecule has 0 aromatic heterocycles. The van der Waals surface area contributed by atoms with E-state index < -0.39 is 66.1 Å². The van der Waals surface area contributed by atoms with Gasteiger partial charge in [0.1, 0.15) is 18.2 Å². The summed E-state index contributed by atoms with van der Waals surface area (Å²) in [6, 6.07) is 22.0. The van der Waals surface area contributed by atoms with Gasteiger partial charge in [0, 0.05) is 18.7 Å². The Morgan fingerprint density at radius 3 is 2.43 bits per heavy atom. The Kier molecular flexibility index (Phi) is 9.63. The summed E-state index contributed by atoms with van der Waals surface area (Å²) in [5, 5.41) is 14.0. The molecule has 0 radical (unpaired) electrons. The van der Waals surface area contributed by atoms with Crippen LogP contribution in [-0.4, -0.2) is 77.2 Å². The van der Waals surface area contributed by atoms with Crippen molar-refractivity contribution in [2.24, 2.45) is 11.8 Å². The number of hydrogen-bond acceptors (Lipinski definition) is 7. The van der Waals surface area contributed by atoms with E-state index in [1.54, 1.807) is 23.1 Å². The maximum atomic E-state index is 15.1. The number of likely N-dealkylation sites (tertiary alicyclic amines) is 1. The van der Waals surface area contributed by atoms with E-state index in [1.165, 1.54) is 4.90 Å². The number of nitrogens with zero attached hydrogens (tertiary/aromatic N) is 2. The Bertz CT molecular complexity index is 1860. The minimum Gasteiger partial charge on any atom is -0.463 e. The van der Waals surface area contributed by atoms with Crippen LogP contribution in [0.5, 0.6) is 0 Å². The first-order valence-electron chi connectivity index (χ1n) is 17.6. The van der Waals surface area contributed by atoms with E-state index in [-0.39, 0.29) is 25.5 Å². The van der Waals surface area contributed by atoms with Crippen LogP contribution in [-0.2, 0) is 35.1 Å². The highest BCUT2D eigenvalue weighted by atomic mass is 16.5. The fourth-order valence-electron chi connectivity index (χ4n) is 8.13. The van der Waals surface area contributed by atoms with Gasteiger partial charge in [-0.25, -0.2) is 0 Å². The summed E-state index contributed by atoms with van der Waals surface area (Å²) in [7, 11) is 0. The average Bonchev–Trinajstić information content (AvgIpc) is 3.53. The average molecular weight is 690 g/mol. The van der Waals surface area contributed by atoms with Gasteiger partial charge >= 0.3 is 5.97 Å². The molecule has 0 aliphatic carbocycles. The van der Waals surface area contributed by atoms with Crippen molar-refractivity contribution < 1.29 is 33.8 Å². The maximum Gasteiger partial charge on any atom is 0.306 e. The number of allylic oxidation sites excluding steroid dienone is 1. The Balaban J connectivity index is 1.35. The number of rotatable bonds is 6. The molecule has 3 aromatic rings. The van der Waals surface area contributed by atoms with Crippen LogP contribution in [0.25, 0.3) is 0 Å². The first-order valence-corrected chi connectivity index (χ1v) is 17.6. The lowest BCUT2D eigenvalue weighted by atomic mass is 9.77. The minimum atomic E-state index is -1.52. The van der Waals surface area contributed by atoms with Gasteiger partial charge in [-0.1, -0.05) is 97.1 Å². The molecule has 2 N–H and O–H groups in total. The molecular formula is C41H43N3O7. The quantitative estimate of drug-likeness (QED) is 0.295. The van der Waals surface area contributed by atoms with Gasteiger partial charge in [0.05, 0.1) is 36.6 Å². The summed E-state index contributed by atoms with van der Waals surface area (Å²) < 4.78 is 12.5. The van der Waals surface area contributed by atoms with Gasteiger partial charge in [0.25, 0.3) is 5.91 Å². The summed E-state index contributed by atoms with van der Waals surface area (Å²) in [6.45, 7) is 3.65. The zero-order valence-electron chi connectivity index (χ0n) is 28.8. The molecule has 4 aliphatic heterocycles. The SMILES string of the molecule is Cc1ccc(C)c(N2CC=C[C@]34O[C@@H]5/C=C\CCC(=O)OC[C@@H](c6ccccc6)NC(=O)[C@@H]5[C@H]3C(=O)N([C@@H](CO)Cc3ccccc3)[C@@H]4C2=O)c1. The van der Waals surface area contributed by atoms with E-state index in [1.807, 2.05) is 98.8 Å². The second-order valence-electron chi connectivity index (χ2n) is 13.9. The number of cyclic esters (lactones) is 1. The van der Waals surface area contributed by atoms with Gasteiger partial charge in [-0.2, -0.15) is 0 Å². The van der Waals surface area contributed by atoms with E-state index in [0.717, 1.165) is 27.9 Å². The summed E-state index contributed by atoms with van der Waals surface area (Å²) in [5.41, 5.74) is 2.71. The Hall–Kier alpha value is -5.06. The lowest BCUT2D eigenvalue weighted by molar-refractivity contribution is -0.146. The van der Waals surface area contributed by atoms with Crippen LogP contribution >= 0.6 is 0 Å². The van der Waals surface area contributed by atoms with Crippen LogP contribution in [0.3, 0.4) is 0 Å². The smallest absolute Gasteiger partial charge is 0.306 e. The molecule has 3 amide bonds. The van der Waals surface area contributed by atoms with E-state index in [9.17, 15) is 14.7 Å². The molecule has 3 aromatic carbocycles. The van der Waals surface area contributed by atoms with Crippen LogP contribution < -0.4 is 10.2 Å². The van der Waals surface area contributed by atoms with Crippen molar-refractivity contribution >= 4 is 29.4 Å². The van der Waals surface area contributed by atoms with Gasteiger partial charge in [-0.15, -0.1) is 0 Å². The molecule has 4 heterocycles. The normalized spacial score (nSPS) is 29.1. The molecule has 10 heteroatoms. The zero-order chi connectivity index (χ0) is 35.7. The number of amides is 3. The standard InChI is InChI=1S/C41H43N3O7/c1-26-18-19-27(2)32(22-26)43-21-11-20-41-36(39(48)44(37(41)40(43)49)30(24-45)23-28-12-5-3-6-13-28)35-33(51-41)16-9-10-17-34(46)50-25-31(42-38(35)47)29-14-7-4-8-15-29/h3-9,11-16,18-20,22,30-31,33,35-37,45H,10,17,21,23-25H2,1-2H3,(H,42,47)/b16-9-/t30-,31+,33-,35+,36+,37-,41+/m1/s1. The Labute approximate surface area is 297 Å². The number of anilines is 1. The van der Waals surface area contributed by atoms with Crippen LogP contribution in [0.15, 0.2) is 103 Å². The van der Waals surface area contributed by atoms with Gasteiger partial charge < -0.3 is 29.7 Å². The van der Waals surface area contributed by atoms with Crippen LogP contribution in [0.1, 0.15) is 41.1 Å². The van der Waals surface area contributed by atoms with E-state index in [4.69, 9.17) is 9.47 Å². The molecule has 10 nitrogen and oxygen atoms in total. The first kappa shape index (κ1) is 34.4. The third kappa shape index (κ3) is 6.38. The Morgan fingerprint density at radius 2 is 1.69 bits per heavy atom. The second kappa shape index (κ2) is 14.3. The van der Waals surface area contributed by atoms with E-state index in [2.05, 4.69) is 5.32 Å². The summed E-state index contributed by atoms with van der Waals surface area (Å²) >= 11 is 0. The summed E-state index contributed by atoms with van der Waals surface area (Å²) in [4.78, 5) is 60.6. The molecule has 2 saturated heterocycles. The molecule has 0 unspecified atom stereocenters. The molecule has 0 saturated carbocycles. The molecular weight excluding hydrogens is 646 g/mol. The molecule has 2 fully saturated rings. The number of benzene rings is 3. The predicted molar refractivity (Wildman–Crippen MR) is 190 cm³/mol. The highest BCUT2D eigenvalue weighted by molar-refractivity contribution is 6.06. The number of nitrogens with one attached hydrogen (secondary N) is 1. The van der Waals surface area contributed by atoms with Crippen molar-refractivity contribution in [3.05, 3.63) is 125 Å². The highest BCUT2D eigenvalue weighted by Crippen LogP contribution is 2.54. The van der Waals surface area contributed by atoms with Crippen molar-refractivity contribution in [3.8, 4) is 0 Å². The van der Waals surface area contributed by atoms with E-state index >= 15 is 9.59 Å². The number of aliphatic hydroxyl groups excluding tert-OH is 1. The largest absolute Gasteiger partial charge is 0.463 e. The highest BCUT2D eigenvalue weighted by Gasteiger charge is 2.72. The number of carbonyl (C=O) groups excluding carboxylic acids is 4. The molecule has 7 rings (SSSR count). The first-order chi connectivity index (χ1) is 24.7. The van der Waals surface area contributed by atoms with Gasteiger partial charge in [0.2, 0.25) is 11.8 Å². The van der Waals surface area contributed by atoms with Gasteiger partial charge in [-0.3, -0.25) is 19.2 Å². The molecule has 1 spiro atoms. The summed E-state index contributed by atoms with van der Waals surface area (Å²) in [5.74, 6) is -3.73. The van der Waals surface area contributed by atoms with Crippen molar-refractivity contribution in [2.75, 3.05) is 24.7 Å². The minimum absolute atomic E-state index is 0.0814. The Morgan fingerprint density at radius 1 is 0.941 bits per heavy atom. The monoisotopic (exact) mass is 689 g/mol.